The minimum atomic E-state index is -0.553. The number of carbonyl (C=O) groups is 1. The van der Waals surface area contributed by atoms with Gasteiger partial charge in [0.15, 0.2) is 6.10 Å². The van der Waals surface area contributed by atoms with E-state index < -0.39 is 12.2 Å². The van der Waals surface area contributed by atoms with Gasteiger partial charge in [-0.2, -0.15) is 0 Å². The van der Waals surface area contributed by atoms with Crippen LogP contribution in [0.25, 0.3) is 0 Å². The highest BCUT2D eigenvalue weighted by Crippen LogP contribution is 2.19. The zero-order valence-corrected chi connectivity index (χ0v) is 12.0. The fourth-order valence-corrected chi connectivity index (χ4v) is 1.55. The van der Waals surface area contributed by atoms with Gasteiger partial charge in [-0.25, -0.2) is 0 Å². The van der Waals surface area contributed by atoms with Gasteiger partial charge < -0.3 is 15.2 Å². The fourth-order valence-electron chi connectivity index (χ4n) is 1.55. The molecule has 1 aromatic rings. The molecule has 0 saturated carbocycles. The molecule has 0 aliphatic carbocycles. The minimum Gasteiger partial charge on any atom is -0.481 e. The number of aliphatic hydroxyl groups is 1. The Balaban J connectivity index is 2.58. The summed E-state index contributed by atoms with van der Waals surface area (Å²) in [6.45, 7) is 8.12. The molecule has 19 heavy (non-hydrogen) atoms. The van der Waals surface area contributed by atoms with Crippen LogP contribution in [-0.2, 0) is 4.79 Å². The first-order valence-corrected chi connectivity index (χ1v) is 6.62. The molecule has 0 saturated heterocycles. The monoisotopic (exact) mass is 265 g/mol. The van der Waals surface area contributed by atoms with Crippen molar-refractivity contribution in [3.05, 3.63) is 29.8 Å². The molecule has 0 aliphatic rings. The maximum atomic E-state index is 11.8. The summed E-state index contributed by atoms with van der Waals surface area (Å²) in [5, 5.41) is 12.3. The zero-order chi connectivity index (χ0) is 14.4. The van der Waals surface area contributed by atoms with Gasteiger partial charge in [0, 0.05) is 6.54 Å². The second-order valence-corrected chi connectivity index (χ2v) is 5.15. The van der Waals surface area contributed by atoms with E-state index in [1.165, 1.54) is 0 Å². The van der Waals surface area contributed by atoms with E-state index in [9.17, 15) is 9.90 Å². The van der Waals surface area contributed by atoms with Crippen molar-refractivity contribution in [2.24, 2.45) is 5.92 Å². The molecular weight excluding hydrogens is 242 g/mol. The largest absolute Gasteiger partial charge is 0.481 e. The maximum absolute atomic E-state index is 11.8. The lowest BCUT2D eigenvalue weighted by Gasteiger charge is -2.16. The Labute approximate surface area is 114 Å². The summed E-state index contributed by atoms with van der Waals surface area (Å²) >= 11 is 0. The van der Waals surface area contributed by atoms with Crippen molar-refractivity contribution < 1.29 is 14.6 Å². The van der Waals surface area contributed by atoms with Crippen LogP contribution >= 0.6 is 0 Å². The lowest BCUT2D eigenvalue weighted by atomic mass is 10.1. The highest BCUT2D eigenvalue weighted by atomic mass is 16.5. The van der Waals surface area contributed by atoms with Gasteiger partial charge in [-0.1, -0.05) is 26.0 Å². The smallest absolute Gasteiger partial charge is 0.260 e. The number of rotatable bonds is 6. The summed E-state index contributed by atoms with van der Waals surface area (Å²) in [6, 6.07) is 7.14. The van der Waals surface area contributed by atoms with Crippen molar-refractivity contribution in [1.29, 1.82) is 0 Å². The van der Waals surface area contributed by atoms with Gasteiger partial charge in [-0.3, -0.25) is 4.79 Å². The molecule has 0 aromatic heterocycles. The molecule has 0 spiro atoms. The molecule has 4 heteroatoms. The van der Waals surface area contributed by atoms with Gasteiger partial charge in [0.05, 0.1) is 6.10 Å². The quantitative estimate of drug-likeness (QED) is 0.829. The molecule has 0 radical (unpaired) electrons. The zero-order valence-electron chi connectivity index (χ0n) is 12.0. The van der Waals surface area contributed by atoms with Crippen LogP contribution in [0.1, 0.15) is 39.4 Å². The molecule has 4 nitrogen and oxygen atoms in total. The van der Waals surface area contributed by atoms with E-state index in [0.717, 1.165) is 5.56 Å². The third kappa shape index (κ3) is 5.30. The lowest BCUT2D eigenvalue weighted by molar-refractivity contribution is -0.127. The van der Waals surface area contributed by atoms with Crippen molar-refractivity contribution >= 4 is 5.91 Å². The summed E-state index contributed by atoms with van der Waals surface area (Å²) < 4.78 is 5.58. The van der Waals surface area contributed by atoms with Crippen LogP contribution in [0, 0.1) is 5.92 Å². The summed E-state index contributed by atoms with van der Waals surface area (Å²) in [7, 11) is 0. The number of nitrogens with one attached hydrogen (secondary N) is 1. The second-order valence-electron chi connectivity index (χ2n) is 5.15. The van der Waals surface area contributed by atoms with Crippen LogP contribution in [-0.4, -0.2) is 23.7 Å². The maximum Gasteiger partial charge on any atom is 0.260 e. The Morgan fingerprint density at radius 2 is 2.00 bits per heavy atom. The first kappa shape index (κ1) is 15.5. The van der Waals surface area contributed by atoms with Crippen LogP contribution in [0.2, 0.25) is 0 Å². The van der Waals surface area contributed by atoms with Gasteiger partial charge in [0.25, 0.3) is 5.91 Å². The van der Waals surface area contributed by atoms with E-state index in [0.29, 0.717) is 18.2 Å². The van der Waals surface area contributed by atoms with E-state index in [1.54, 1.807) is 32.0 Å². The third-order valence-corrected chi connectivity index (χ3v) is 2.71. The van der Waals surface area contributed by atoms with Gasteiger partial charge in [-0.15, -0.1) is 0 Å². The molecule has 0 aliphatic heterocycles. The standard InChI is InChI=1S/C15H23NO3/c1-10(2)9-16-15(18)12(4)19-14-7-5-6-13(8-14)11(3)17/h5-8,10-12,17H,9H2,1-4H3,(H,16,18)/t11-,12?/m0/s1. The van der Waals surface area contributed by atoms with Crippen molar-refractivity contribution in [3.8, 4) is 5.75 Å². The molecule has 1 aromatic carbocycles. The average Bonchev–Trinajstić information content (AvgIpc) is 2.36. The summed E-state index contributed by atoms with van der Waals surface area (Å²) in [6.07, 6.45) is -1.10. The first-order chi connectivity index (χ1) is 8.90. The molecule has 2 atom stereocenters. The van der Waals surface area contributed by atoms with Crippen LogP contribution < -0.4 is 10.1 Å². The molecule has 106 valence electrons. The molecule has 0 fully saturated rings. The Bertz CT molecular complexity index is 416. The minimum absolute atomic E-state index is 0.129. The highest BCUT2D eigenvalue weighted by Gasteiger charge is 2.15. The van der Waals surface area contributed by atoms with Crippen LogP contribution in [0.3, 0.4) is 0 Å². The number of ether oxygens (including phenoxy) is 1. The van der Waals surface area contributed by atoms with Crippen molar-refractivity contribution in [3.63, 3.8) is 0 Å². The van der Waals surface area contributed by atoms with E-state index in [4.69, 9.17) is 4.74 Å². The topological polar surface area (TPSA) is 58.6 Å². The van der Waals surface area contributed by atoms with Crippen molar-refractivity contribution in [2.45, 2.75) is 39.9 Å². The van der Waals surface area contributed by atoms with Crippen LogP contribution in [0.15, 0.2) is 24.3 Å². The molecule has 0 bridgehead atoms. The molecule has 1 unspecified atom stereocenters. The molecule has 1 amide bonds. The summed E-state index contributed by atoms with van der Waals surface area (Å²) in [5.74, 6) is 0.872. The van der Waals surface area contributed by atoms with E-state index in [1.807, 2.05) is 19.9 Å². The highest BCUT2D eigenvalue weighted by molar-refractivity contribution is 5.80. The molecular formula is C15H23NO3. The molecule has 1 rings (SSSR count). The van der Waals surface area contributed by atoms with E-state index in [-0.39, 0.29) is 5.91 Å². The van der Waals surface area contributed by atoms with Gasteiger partial charge >= 0.3 is 0 Å². The number of aliphatic hydroxyl groups excluding tert-OH is 1. The summed E-state index contributed by atoms with van der Waals surface area (Å²) in [5.41, 5.74) is 0.771. The van der Waals surface area contributed by atoms with Gasteiger partial charge in [0.1, 0.15) is 5.75 Å². The number of benzene rings is 1. The number of hydrogen-bond donors (Lipinski definition) is 2. The normalized spacial score (nSPS) is 14.0. The van der Waals surface area contributed by atoms with Gasteiger partial charge in [-0.05, 0) is 37.5 Å². The number of hydrogen-bond acceptors (Lipinski definition) is 3. The number of carbonyl (C=O) groups excluding carboxylic acids is 1. The molecule has 2 N–H and O–H groups in total. The predicted octanol–water partition coefficient (Wildman–Crippen LogP) is 2.28. The second kappa shape index (κ2) is 7.14. The van der Waals surface area contributed by atoms with E-state index >= 15 is 0 Å². The Hall–Kier alpha value is -1.55. The Morgan fingerprint density at radius 3 is 2.58 bits per heavy atom. The molecule has 0 heterocycles. The first-order valence-electron chi connectivity index (χ1n) is 6.62. The fraction of sp³-hybridized carbons (Fsp3) is 0.533. The average molecular weight is 265 g/mol. The van der Waals surface area contributed by atoms with Gasteiger partial charge in [0.2, 0.25) is 0 Å². The lowest BCUT2D eigenvalue weighted by Crippen LogP contribution is -2.38. The summed E-state index contributed by atoms with van der Waals surface area (Å²) in [4.78, 5) is 11.8. The van der Waals surface area contributed by atoms with E-state index in [2.05, 4.69) is 5.32 Å². The van der Waals surface area contributed by atoms with Crippen LogP contribution in [0.4, 0.5) is 0 Å². The number of amides is 1. The Morgan fingerprint density at radius 1 is 1.32 bits per heavy atom. The van der Waals surface area contributed by atoms with Crippen molar-refractivity contribution in [2.75, 3.05) is 6.54 Å². The SMILES string of the molecule is CC(C)CNC(=O)C(C)Oc1cccc([C@H](C)O)c1. The van der Waals surface area contributed by atoms with Crippen LogP contribution in [0.5, 0.6) is 5.75 Å². The predicted molar refractivity (Wildman–Crippen MR) is 75.0 cm³/mol. The third-order valence-electron chi connectivity index (χ3n) is 2.71. The Kier molecular flexibility index (Phi) is 5.83. The van der Waals surface area contributed by atoms with Crippen molar-refractivity contribution in [1.82, 2.24) is 5.32 Å².